The lowest BCUT2D eigenvalue weighted by molar-refractivity contribution is -0.394. The first kappa shape index (κ1) is 20.0. The molecule has 1 rings (SSSR count). The Kier molecular flexibility index (Phi) is 6.54. The molecule has 0 aliphatic carbocycles. The van der Waals surface area contributed by atoms with E-state index in [0.29, 0.717) is 0 Å². The van der Waals surface area contributed by atoms with Gasteiger partial charge in [-0.05, 0) is 19.8 Å². The number of nitro benzene ring substituents is 2. The van der Waals surface area contributed by atoms with Crippen molar-refractivity contribution in [3.8, 4) is 0 Å². The lowest BCUT2D eigenvalue weighted by atomic mass is 10.0. The quantitative estimate of drug-likeness (QED) is 0.450. The van der Waals surface area contributed by atoms with Gasteiger partial charge in [0.1, 0.15) is 6.04 Å². The van der Waals surface area contributed by atoms with E-state index < -0.39 is 39.1 Å². The van der Waals surface area contributed by atoms with Crippen LogP contribution in [0.1, 0.15) is 38.1 Å². The lowest BCUT2D eigenvalue weighted by Crippen LogP contribution is -2.46. The Balaban J connectivity index is 3.14. The van der Waals surface area contributed by atoms with E-state index in [4.69, 9.17) is 4.74 Å². The first-order valence-corrected chi connectivity index (χ1v) is 7.48. The summed E-state index contributed by atoms with van der Waals surface area (Å²) in [7, 11) is 0. The summed E-state index contributed by atoms with van der Waals surface area (Å²) >= 11 is 0. The molecule has 10 nitrogen and oxygen atoms in total. The largest absolute Gasteiger partial charge is 0.461 e. The van der Waals surface area contributed by atoms with Crippen LogP contribution >= 0.6 is 0 Å². The Labute approximate surface area is 143 Å². The predicted octanol–water partition coefficient (Wildman–Crippen LogP) is 2.21. The van der Waals surface area contributed by atoms with E-state index in [-0.39, 0.29) is 17.6 Å². The van der Waals surface area contributed by atoms with Crippen LogP contribution in [-0.2, 0) is 9.53 Å². The first-order chi connectivity index (χ1) is 11.5. The van der Waals surface area contributed by atoms with Crippen LogP contribution < -0.4 is 5.32 Å². The highest BCUT2D eigenvalue weighted by Gasteiger charge is 2.28. The molecule has 1 aromatic carbocycles. The van der Waals surface area contributed by atoms with Gasteiger partial charge in [0, 0.05) is 12.1 Å². The van der Waals surface area contributed by atoms with Gasteiger partial charge in [0.05, 0.1) is 27.6 Å². The minimum absolute atomic E-state index is 0.288. The summed E-state index contributed by atoms with van der Waals surface area (Å²) in [5.41, 5.74) is -1.47. The van der Waals surface area contributed by atoms with Gasteiger partial charge in [0.2, 0.25) is 0 Å². The van der Waals surface area contributed by atoms with E-state index in [0.717, 1.165) is 18.2 Å². The van der Waals surface area contributed by atoms with Crippen molar-refractivity contribution in [1.29, 1.82) is 0 Å². The summed E-state index contributed by atoms with van der Waals surface area (Å²) in [5.74, 6) is -1.81. The Morgan fingerprint density at radius 1 is 1.00 bits per heavy atom. The van der Waals surface area contributed by atoms with Crippen LogP contribution in [0.3, 0.4) is 0 Å². The number of amides is 1. The number of nitrogens with zero attached hydrogens (tertiary/aromatic N) is 2. The molecule has 0 aliphatic rings. The predicted molar refractivity (Wildman–Crippen MR) is 87.1 cm³/mol. The average molecular weight is 353 g/mol. The molecule has 0 aliphatic heterocycles. The number of carbonyl (C=O) groups is 2. The van der Waals surface area contributed by atoms with Crippen LogP contribution in [0.2, 0.25) is 0 Å². The smallest absolute Gasteiger partial charge is 0.329 e. The van der Waals surface area contributed by atoms with Crippen LogP contribution in [0, 0.1) is 26.1 Å². The summed E-state index contributed by atoms with van der Waals surface area (Å²) in [6.45, 7) is 6.67. The molecule has 25 heavy (non-hydrogen) atoms. The second-order valence-corrected chi connectivity index (χ2v) is 5.93. The standard InChI is InChI=1S/C15H19N3O7/c1-8(2)13(15(20)25-9(3)4)16-14(19)10-5-11(17(21)22)7-12(6-10)18(23)24/h5-9,13H,1-4H3,(H,16,19)/t13-/m0/s1. The first-order valence-electron chi connectivity index (χ1n) is 7.48. The molecule has 0 fully saturated rings. The number of nitrogens with one attached hydrogen (secondary N) is 1. The van der Waals surface area contributed by atoms with Gasteiger partial charge in [-0.2, -0.15) is 0 Å². The molecule has 0 spiro atoms. The third-order valence-corrected chi connectivity index (χ3v) is 3.15. The molecule has 1 aromatic rings. The van der Waals surface area contributed by atoms with Gasteiger partial charge < -0.3 is 10.1 Å². The molecule has 0 aromatic heterocycles. The zero-order valence-electron chi connectivity index (χ0n) is 14.2. The molecule has 0 saturated heterocycles. The van der Waals surface area contributed by atoms with E-state index in [1.807, 2.05) is 0 Å². The van der Waals surface area contributed by atoms with Crippen molar-refractivity contribution in [3.05, 3.63) is 44.0 Å². The molecule has 10 heteroatoms. The number of esters is 1. The molecule has 0 unspecified atom stereocenters. The fraction of sp³-hybridized carbons (Fsp3) is 0.467. The number of nitro groups is 2. The maximum absolute atomic E-state index is 12.3. The van der Waals surface area contributed by atoms with E-state index in [1.165, 1.54) is 0 Å². The highest BCUT2D eigenvalue weighted by atomic mass is 16.6. The minimum atomic E-state index is -0.992. The molecule has 1 atom stereocenters. The average Bonchev–Trinajstić information content (AvgIpc) is 2.50. The van der Waals surface area contributed by atoms with Gasteiger partial charge in [0.25, 0.3) is 17.3 Å². The number of hydrogen-bond acceptors (Lipinski definition) is 7. The van der Waals surface area contributed by atoms with Crippen LogP contribution in [0.25, 0.3) is 0 Å². The van der Waals surface area contributed by atoms with Gasteiger partial charge in [-0.25, -0.2) is 4.79 Å². The third kappa shape index (κ3) is 5.52. The maximum atomic E-state index is 12.3. The fourth-order valence-electron chi connectivity index (χ4n) is 1.97. The second kappa shape index (κ2) is 8.18. The molecular weight excluding hydrogens is 334 g/mol. The summed E-state index contributed by atoms with van der Waals surface area (Å²) in [4.78, 5) is 44.5. The van der Waals surface area contributed by atoms with Crippen molar-refractivity contribution < 1.29 is 24.2 Å². The molecule has 0 heterocycles. The summed E-state index contributed by atoms with van der Waals surface area (Å²) < 4.78 is 5.06. The van der Waals surface area contributed by atoms with Gasteiger partial charge in [0.15, 0.2) is 0 Å². The summed E-state index contributed by atoms with van der Waals surface area (Å²) in [6, 6.07) is 1.58. The number of ether oxygens (including phenoxy) is 1. The Morgan fingerprint density at radius 3 is 1.84 bits per heavy atom. The van der Waals surface area contributed by atoms with Crippen LogP contribution in [0.4, 0.5) is 11.4 Å². The molecular formula is C15H19N3O7. The van der Waals surface area contributed by atoms with Crippen molar-refractivity contribution in [2.24, 2.45) is 5.92 Å². The fourth-order valence-corrected chi connectivity index (χ4v) is 1.97. The number of hydrogen-bond donors (Lipinski definition) is 1. The summed E-state index contributed by atoms with van der Waals surface area (Å²) in [5, 5.41) is 24.2. The SMILES string of the molecule is CC(C)OC(=O)[C@@H](NC(=O)c1cc([N+](=O)[O-])cc([N+](=O)[O-])c1)C(C)C. The number of rotatable bonds is 7. The topological polar surface area (TPSA) is 142 Å². The van der Waals surface area contributed by atoms with Gasteiger partial charge >= 0.3 is 5.97 Å². The molecule has 1 amide bonds. The lowest BCUT2D eigenvalue weighted by Gasteiger charge is -2.22. The van der Waals surface area contributed by atoms with Crippen LogP contribution in [0.5, 0.6) is 0 Å². The van der Waals surface area contributed by atoms with Crippen molar-refractivity contribution in [1.82, 2.24) is 5.32 Å². The number of non-ortho nitro benzene ring substituents is 2. The molecule has 0 radical (unpaired) electrons. The van der Waals surface area contributed by atoms with Crippen LogP contribution in [0.15, 0.2) is 18.2 Å². The van der Waals surface area contributed by atoms with Crippen molar-refractivity contribution in [2.45, 2.75) is 39.8 Å². The Bertz CT molecular complexity index is 668. The second-order valence-electron chi connectivity index (χ2n) is 5.93. The Morgan fingerprint density at radius 2 is 1.48 bits per heavy atom. The third-order valence-electron chi connectivity index (χ3n) is 3.15. The minimum Gasteiger partial charge on any atom is -0.461 e. The molecule has 0 bridgehead atoms. The van der Waals surface area contributed by atoms with Gasteiger partial charge in [-0.15, -0.1) is 0 Å². The molecule has 0 saturated carbocycles. The Hall–Kier alpha value is -3.04. The zero-order valence-corrected chi connectivity index (χ0v) is 14.2. The van der Waals surface area contributed by atoms with E-state index >= 15 is 0 Å². The van der Waals surface area contributed by atoms with E-state index in [1.54, 1.807) is 27.7 Å². The number of carbonyl (C=O) groups excluding carboxylic acids is 2. The maximum Gasteiger partial charge on any atom is 0.329 e. The van der Waals surface area contributed by atoms with Crippen LogP contribution in [-0.4, -0.2) is 33.9 Å². The van der Waals surface area contributed by atoms with Gasteiger partial charge in [-0.3, -0.25) is 25.0 Å². The molecule has 136 valence electrons. The zero-order chi connectivity index (χ0) is 19.3. The van der Waals surface area contributed by atoms with E-state index in [9.17, 15) is 29.8 Å². The highest BCUT2D eigenvalue weighted by Crippen LogP contribution is 2.23. The number of benzene rings is 1. The highest BCUT2D eigenvalue weighted by molar-refractivity contribution is 5.98. The summed E-state index contributed by atoms with van der Waals surface area (Å²) in [6.07, 6.45) is -0.385. The van der Waals surface area contributed by atoms with Crippen molar-refractivity contribution in [3.63, 3.8) is 0 Å². The normalized spacial score (nSPS) is 11.9. The van der Waals surface area contributed by atoms with Gasteiger partial charge in [-0.1, -0.05) is 13.8 Å². The van der Waals surface area contributed by atoms with E-state index in [2.05, 4.69) is 5.32 Å². The monoisotopic (exact) mass is 353 g/mol. The van der Waals surface area contributed by atoms with Crippen molar-refractivity contribution >= 4 is 23.3 Å². The molecule has 1 N–H and O–H groups in total. The van der Waals surface area contributed by atoms with Crippen molar-refractivity contribution in [2.75, 3.05) is 0 Å².